The number of Topliss-reactive ketones (excluding diaryl/α,β-unsaturated/α-hetero) is 1. The van der Waals surface area contributed by atoms with E-state index in [1.54, 1.807) is 14.2 Å². The Balaban J connectivity index is 2.58. The van der Waals surface area contributed by atoms with Crippen molar-refractivity contribution in [1.82, 2.24) is 4.90 Å². The van der Waals surface area contributed by atoms with Crippen LogP contribution in [-0.2, 0) is 9.47 Å². The molecule has 1 aromatic rings. The number of rotatable bonds is 10. The van der Waals surface area contributed by atoms with Crippen LogP contribution in [0.3, 0.4) is 0 Å². The van der Waals surface area contributed by atoms with Gasteiger partial charge in [0.15, 0.2) is 5.78 Å². The first kappa shape index (κ1) is 17.3. The molecule has 0 amide bonds. The molecule has 0 heterocycles. The van der Waals surface area contributed by atoms with E-state index in [0.29, 0.717) is 19.8 Å². The number of carbonyl (C=O) groups is 1. The van der Waals surface area contributed by atoms with Crippen LogP contribution in [0.5, 0.6) is 0 Å². The molecule has 1 rings (SSSR count). The molecule has 0 unspecified atom stereocenters. The summed E-state index contributed by atoms with van der Waals surface area (Å²) in [6, 6.07) is 7.51. The van der Waals surface area contributed by atoms with Crippen LogP contribution < -0.4 is 0 Å². The first-order valence-electron chi connectivity index (χ1n) is 6.67. The number of benzene rings is 1. The highest BCUT2D eigenvalue weighted by Crippen LogP contribution is 2.16. The van der Waals surface area contributed by atoms with E-state index in [1.807, 2.05) is 24.3 Å². The first-order valence-corrected chi connectivity index (χ1v) is 7.46. The van der Waals surface area contributed by atoms with E-state index in [2.05, 4.69) is 20.8 Å². The molecule has 0 saturated carbocycles. The van der Waals surface area contributed by atoms with Gasteiger partial charge in [0.25, 0.3) is 0 Å². The summed E-state index contributed by atoms with van der Waals surface area (Å²) in [4.78, 5) is 14.4. The summed E-state index contributed by atoms with van der Waals surface area (Å²) in [5, 5.41) is 0. The minimum atomic E-state index is 0.117. The second-order valence-electron chi connectivity index (χ2n) is 4.52. The van der Waals surface area contributed by atoms with Gasteiger partial charge < -0.3 is 9.47 Å². The summed E-state index contributed by atoms with van der Waals surface area (Å²) in [6.07, 6.45) is 0.906. The van der Waals surface area contributed by atoms with Gasteiger partial charge in [0, 0.05) is 44.0 Å². The normalized spacial score (nSPS) is 11.0. The second kappa shape index (κ2) is 10.0. The third-order valence-electron chi connectivity index (χ3n) is 2.98. The maximum atomic E-state index is 12.3. The fraction of sp³-hybridized carbons (Fsp3) is 0.533. The smallest absolute Gasteiger partial charge is 0.177 e. The summed E-state index contributed by atoms with van der Waals surface area (Å²) in [5.41, 5.74) is 0.724. The lowest BCUT2D eigenvalue weighted by Gasteiger charge is -2.21. The van der Waals surface area contributed by atoms with Crippen LogP contribution in [0.15, 0.2) is 28.7 Å². The molecule has 0 aliphatic heterocycles. The Hall–Kier alpha value is -0.750. The highest BCUT2D eigenvalue weighted by Gasteiger charge is 2.14. The maximum Gasteiger partial charge on any atom is 0.177 e. The highest BCUT2D eigenvalue weighted by atomic mass is 79.9. The zero-order valence-corrected chi connectivity index (χ0v) is 13.7. The molecular weight excluding hydrogens is 322 g/mol. The van der Waals surface area contributed by atoms with Gasteiger partial charge in [0.1, 0.15) is 0 Å². The van der Waals surface area contributed by atoms with Crippen molar-refractivity contribution in [2.45, 2.75) is 6.42 Å². The SMILES string of the molecule is COCCCN(CCOC)CC(=O)c1ccccc1Br. The van der Waals surface area contributed by atoms with E-state index >= 15 is 0 Å². The molecule has 0 fully saturated rings. The second-order valence-corrected chi connectivity index (χ2v) is 5.37. The minimum Gasteiger partial charge on any atom is -0.385 e. The number of hydrogen-bond acceptors (Lipinski definition) is 4. The lowest BCUT2D eigenvalue weighted by molar-refractivity contribution is 0.0877. The molecule has 20 heavy (non-hydrogen) atoms. The van der Waals surface area contributed by atoms with Gasteiger partial charge in [-0.3, -0.25) is 9.69 Å². The predicted octanol–water partition coefficient (Wildman–Crippen LogP) is 2.62. The summed E-state index contributed by atoms with van der Waals surface area (Å²) >= 11 is 3.42. The van der Waals surface area contributed by atoms with Crippen LogP contribution in [0.2, 0.25) is 0 Å². The molecule has 0 spiro atoms. The standard InChI is InChI=1S/C15H22BrNO3/c1-19-10-5-8-17(9-11-20-2)12-15(18)13-6-3-4-7-14(13)16/h3-4,6-7H,5,8-12H2,1-2H3. The predicted molar refractivity (Wildman–Crippen MR) is 83.3 cm³/mol. The van der Waals surface area contributed by atoms with Crippen LogP contribution in [0, 0.1) is 0 Å². The fourth-order valence-corrected chi connectivity index (χ4v) is 2.40. The molecule has 0 atom stereocenters. The van der Waals surface area contributed by atoms with Crippen LogP contribution in [0.25, 0.3) is 0 Å². The van der Waals surface area contributed by atoms with Gasteiger partial charge in [-0.05, 0) is 12.5 Å². The number of halogens is 1. The van der Waals surface area contributed by atoms with E-state index in [9.17, 15) is 4.79 Å². The molecule has 0 N–H and O–H groups in total. The zero-order chi connectivity index (χ0) is 14.8. The van der Waals surface area contributed by atoms with Gasteiger partial charge in [-0.15, -0.1) is 0 Å². The molecule has 0 radical (unpaired) electrons. The van der Waals surface area contributed by atoms with Crippen molar-refractivity contribution >= 4 is 21.7 Å². The fourth-order valence-electron chi connectivity index (χ4n) is 1.90. The van der Waals surface area contributed by atoms with Crippen LogP contribution in [0.1, 0.15) is 16.8 Å². The monoisotopic (exact) mass is 343 g/mol. The van der Waals surface area contributed by atoms with Gasteiger partial charge in [0.05, 0.1) is 13.2 Å². The number of ketones is 1. The van der Waals surface area contributed by atoms with Crippen molar-refractivity contribution in [3.63, 3.8) is 0 Å². The Morgan fingerprint density at radius 2 is 1.85 bits per heavy atom. The summed E-state index contributed by atoms with van der Waals surface area (Å²) in [6.45, 7) is 3.29. The van der Waals surface area contributed by atoms with E-state index in [4.69, 9.17) is 9.47 Å². The summed E-state index contributed by atoms with van der Waals surface area (Å²) in [5.74, 6) is 0.117. The Morgan fingerprint density at radius 1 is 1.15 bits per heavy atom. The number of nitrogens with zero attached hydrogens (tertiary/aromatic N) is 1. The summed E-state index contributed by atoms with van der Waals surface area (Å²) < 4.78 is 11.0. The molecule has 0 aromatic heterocycles. The summed E-state index contributed by atoms with van der Waals surface area (Å²) in [7, 11) is 3.36. The molecule has 4 nitrogen and oxygen atoms in total. The largest absolute Gasteiger partial charge is 0.385 e. The molecule has 0 aliphatic rings. The number of hydrogen-bond donors (Lipinski definition) is 0. The number of methoxy groups -OCH3 is 2. The zero-order valence-electron chi connectivity index (χ0n) is 12.1. The topological polar surface area (TPSA) is 38.8 Å². The number of ether oxygens (including phenoxy) is 2. The van der Waals surface area contributed by atoms with Gasteiger partial charge >= 0.3 is 0 Å². The van der Waals surface area contributed by atoms with Crippen molar-refractivity contribution in [2.75, 3.05) is 47.1 Å². The van der Waals surface area contributed by atoms with Crippen molar-refractivity contribution in [3.05, 3.63) is 34.3 Å². The average Bonchev–Trinajstić information content (AvgIpc) is 2.45. The molecule has 112 valence electrons. The van der Waals surface area contributed by atoms with Crippen LogP contribution in [0.4, 0.5) is 0 Å². The van der Waals surface area contributed by atoms with Crippen molar-refractivity contribution in [3.8, 4) is 0 Å². The Bertz CT molecular complexity index is 412. The maximum absolute atomic E-state index is 12.3. The lowest BCUT2D eigenvalue weighted by Crippen LogP contribution is -2.34. The molecule has 0 aliphatic carbocycles. The third-order valence-corrected chi connectivity index (χ3v) is 3.67. The molecule has 1 aromatic carbocycles. The Morgan fingerprint density at radius 3 is 2.50 bits per heavy atom. The number of carbonyl (C=O) groups excluding carboxylic acids is 1. The van der Waals surface area contributed by atoms with Gasteiger partial charge in [-0.1, -0.05) is 34.1 Å². The first-order chi connectivity index (χ1) is 9.69. The van der Waals surface area contributed by atoms with Crippen molar-refractivity contribution in [2.24, 2.45) is 0 Å². The molecular formula is C15H22BrNO3. The quantitative estimate of drug-likeness (QED) is 0.483. The van der Waals surface area contributed by atoms with E-state index in [0.717, 1.165) is 29.5 Å². The molecule has 0 saturated heterocycles. The van der Waals surface area contributed by atoms with Crippen LogP contribution in [-0.4, -0.2) is 57.8 Å². The van der Waals surface area contributed by atoms with E-state index in [1.165, 1.54) is 0 Å². The molecule has 0 bridgehead atoms. The van der Waals surface area contributed by atoms with Gasteiger partial charge in [-0.25, -0.2) is 0 Å². The average molecular weight is 344 g/mol. The van der Waals surface area contributed by atoms with E-state index in [-0.39, 0.29) is 5.78 Å². The third kappa shape index (κ3) is 6.13. The van der Waals surface area contributed by atoms with E-state index < -0.39 is 0 Å². The van der Waals surface area contributed by atoms with Crippen molar-refractivity contribution in [1.29, 1.82) is 0 Å². The van der Waals surface area contributed by atoms with Gasteiger partial charge in [0.2, 0.25) is 0 Å². The van der Waals surface area contributed by atoms with Gasteiger partial charge in [-0.2, -0.15) is 0 Å². The molecule has 5 heteroatoms. The van der Waals surface area contributed by atoms with Crippen molar-refractivity contribution < 1.29 is 14.3 Å². The Labute approximate surface area is 129 Å². The highest BCUT2D eigenvalue weighted by molar-refractivity contribution is 9.10. The minimum absolute atomic E-state index is 0.117. The Kier molecular flexibility index (Phi) is 8.69. The van der Waals surface area contributed by atoms with Crippen LogP contribution >= 0.6 is 15.9 Å². The lowest BCUT2D eigenvalue weighted by atomic mass is 10.1.